The first-order valence-electron chi connectivity index (χ1n) is 19.9. The molecule has 0 aliphatic carbocycles. The zero-order valence-corrected chi connectivity index (χ0v) is 28.1. The van der Waals surface area contributed by atoms with E-state index in [-0.39, 0.29) is 29.7 Å². The van der Waals surface area contributed by atoms with E-state index in [1.54, 1.807) is 12.1 Å². The molecule has 0 amide bonds. The Morgan fingerprint density at radius 3 is 1.94 bits per heavy atom. The van der Waals surface area contributed by atoms with Crippen molar-refractivity contribution in [2.24, 2.45) is 0 Å². The van der Waals surface area contributed by atoms with Crippen molar-refractivity contribution in [1.29, 1.82) is 0 Å². The van der Waals surface area contributed by atoms with Gasteiger partial charge in [0.25, 0.3) is 0 Å². The van der Waals surface area contributed by atoms with Gasteiger partial charge in [-0.2, -0.15) is 0 Å². The third-order valence-electron chi connectivity index (χ3n) is 10.4. The number of hydrogen-bond acceptors (Lipinski definition) is 1. The lowest BCUT2D eigenvalue weighted by Gasteiger charge is -2.10. The Bertz CT molecular complexity index is 3560. The summed E-state index contributed by atoms with van der Waals surface area (Å²) in [4.78, 5) is 3.72. The molecule has 53 heavy (non-hydrogen) atoms. The summed E-state index contributed by atoms with van der Waals surface area (Å²) in [5.74, 6) is 0. The first-order chi connectivity index (χ1) is 28.3. The van der Waals surface area contributed by atoms with E-state index in [0.717, 1.165) is 71.5 Å². The normalized spacial score (nSPS) is 13.1. The molecule has 0 atom stereocenters. The Balaban J connectivity index is 1.10. The summed E-state index contributed by atoms with van der Waals surface area (Å²) in [7, 11) is 0. The van der Waals surface area contributed by atoms with Gasteiger partial charge in [0.2, 0.25) is 0 Å². The Labute approximate surface area is 311 Å². The minimum absolute atomic E-state index is 0.144. The maximum atomic E-state index is 8.73. The molecular formula is C49H29N3O. The third-order valence-corrected chi connectivity index (χ3v) is 10.4. The molecule has 0 radical (unpaired) electrons. The molecule has 246 valence electrons. The average molecular weight is 681 g/mol. The SMILES string of the molecule is [2H]c1c([2H])c([2H])c(-c2cccc3oc4ccc(-n5c6ccccc6c6cc(-c7ccc8c(c7)c7ccc([N+]#[C-])cc7n8-c7ccccc7)ccc65)cc4c23)c([2H])c1[2H]. The summed E-state index contributed by atoms with van der Waals surface area (Å²) >= 11 is 0. The second kappa shape index (κ2) is 11.3. The number of furan rings is 1. The van der Waals surface area contributed by atoms with Crippen LogP contribution in [0.15, 0.2) is 180 Å². The fourth-order valence-electron chi connectivity index (χ4n) is 8.09. The molecule has 4 nitrogen and oxygen atoms in total. The molecule has 8 aromatic carbocycles. The van der Waals surface area contributed by atoms with E-state index in [9.17, 15) is 0 Å². The molecule has 0 fully saturated rings. The highest BCUT2D eigenvalue weighted by atomic mass is 16.3. The Kier molecular flexibility index (Phi) is 5.29. The topological polar surface area (TPSA) is 27.4 Å². The number of aromatic nitrogens is 2. The number of hydrogen-bond donors (Lipinski definition) is 0. The van der Waals surface area contributed by atoms with Gasteiger partial charge in [-0.1, -0.05) is 103 Å². The summed E-state index contributed by atoms with van der Waals surface area (Å²) in [5, 5.41) is 5.87. The van der Waals surface area contributed by atoms with Crippen molar-refractivity contribution in [3.05, 3.63) is 187 Å². The fourth-order valence-corrected chi connectivity index (χ4v) is 8.09. The summed E-state index contributed by atoms with van der Waals surface area (Å²) in [5.41, 5.74) is 10.7. The van der Waals surface area contributed by atoms with Crippen molar-refractivity contribution in [3.63, 3.8) is 0 Å². The van der Waals surface area contributed by atoms with Gasteiger partial charge in [0.05, 0.1) is 30.0 Å². The van der Waals surface area contributed by atoms with Crippen molar-refractivity contribution in [1.82, 2.24) is 9.13 Å². The number of nitrogens with zero attached hydrogens (tertiary/aromatic N) is 3. The second-order valence-electron chi connectivity index (χ2n) is 13.3. The molecule has 0 N–H and O–H groups in total. The maximum Gasteiger partial charge on any atom is 0.189 e. The summed E-state index contributed by atoms with van der Waals surface area (Å²) in [6.07, 6.45) is 0. The quantitative estimate of drug-likeness (QED) is 0.170. The van der Waals surface area contributed by atoms with Crippen molar-refractivity contribution >= 4 is 71.2 Å². The zero-order chi connectivity index (χ0) is 39.4. The van der Waals surface area contributed by atoms with Gasteiger partial charge < -0.3 is 13.6 Å². The molecule has 3 heterocycles. The van der Waals surface area contributed by atoms with Gasteiger partial charge in [-0.25, -0.2) is 4.85 Å². The summed E-state index contributed by atoms with van der Waals surface area (Å²) in [6.45, 7) is 7.67. The molecule has 0 spiro atoms. The van der Waals surface area contributed by atoms with Crippen LogP contribution in [-0.4, -0.2) is 9.13 Å². The van der Waals surface area contributed by atoms with Gasteiger partial charge in [0, 0.05) is 49.2 Å². The van der Waals surface area contributed by atoms with Gasteiger partial charge >= 0.3 is 0 Å². The first-order valence-corrected chi connectivity index (χ1v) is 17.4. The molecular weight excluding hydrogens is 647 g/mol. The van der Waals surface area contributed by atoms with Gasteiger partial charge in [-0.05, 0) is 95.1 Å². The van der Waals surface area contributed by atoms with Gasteiger partial charge in [0.15, 0.2) is 5.69 Å². The molecule has 0 bridgehead atoms. The lowest BCUT2D eigenvalue weighted by molar-refractivity contribution is 0.669. The van der Waals surface area contributed by atoms with E-state index in [0.29, 0.717) is 27.8 Å². The van der Waals surface area contributed by atoms with Crippen LogP contribution in [0.1, 0.15) is 6.85 Å². The van der Waals surface area contributed by atoms with Crippen LogP contribution in [0.25, 0.3) is 104 Å². The van der Waals surface area contributed by atoms with E-state index in [2.05, 4.69) is 92.8 Å². The Morgan fingerprint density at radius 2 is 1.17 bits per heavy atom. The molecule has 4 heteroatoms. The van der Waals surface area contributed by atoms with Crippen molar-refractivity contribution in [2.45, 2.75) is 0 Å². The largest absolute Gasteiger partial charge is 0.456 e. The molecule has 0 saturated carbocycles. The van der Waals surface area contributed by atoms with Crippen molar-refractivity contribution in [2.75, 3.05) is 0 Å². The fraction of sp³-hybridized carbons (Fsp3) is 0. The van der Waals surface area contributed by atoms with E-state index in [1.807, 2.05) is 54.6 Å². The monoisotopic (exact) mass is 680 g/mol. The lowest BCUT2D eigenvalue weighted by atomic mass is 9.99. The van der Waals surface area contributed by atoms with E-state index >= 15 is 0 Å². The number of rotatable bonds is 4. The molecule has 0 aliphatic heterocycles. The minimum Gasteiger partial charge on any atom is -0.456 e. The lowest BCUT2D eigenvalue weighted by Crippen LogP contribution is -1.93. The standard InChI is InChI=1S/C49H29N3O/c1-50-34-21-23-39-41-28-33(19-24-44(41)51(46(39)29-34)35-13-6-3-7-14-35)32-20-25-45-40(27-32)38-15-8-9-17-43(38)52(45)36-22-26-47-42(30-36)49-37(16-10-18-48(49)53-47)31-11-4-2-5-12-31/h2-30H/i2D,4D,5D,11D,12D. The minimum atomic E-state index is -0.424. The van der Waals surface area contributed by atoms with Crippen molar-refractivity contribution < 1.29 is 11.3 Å². The van der Waals surface area contributed by atoms with Gasteiger partial charge in [0.1, 0.15) is 11.2 Å². The Morgan fingerprint density at radius 1 is 0.472 bits per heavy atom. The number of para-hydroxylation sites is 2. The van der Waals surface area contributed by atoms with Crippen LogP contribution in [0.5, 0.6) is 0 Å². The van der Waals surface area contributed by atoms with E-state index in [4.69, 9.17) is 17.8 Å². The first kappa shape index (κ1) is 24.7. The molecule has 11 rings (SSSR count). The molecule has 11 aromatic rings. The van der Waals surface area contributed by atoms with Crippen LogP contribution in [0.3, 0.4) is 0 Å². The highest BCUT2D eigenvalue weighted by molar-refractivity contribution is 6.15. The molecule has 0 aliphatic rings. The second-order valence-corrected chi connectivity index (χ2v) is 13.3. The number of benzene rings is 8. The van der Waals surface area contributed by atoms with E-state index < -0.39 is 6.04 Å². The number of fused-ring (bicyclic) bond motifs is 9. The highest BCUT2D eigenvalue weighted by Crippen LogP contribution is 2.41. The smallest absolute Gasteiger partial charge is 0.189 e. The summed E-state index contributed by atoms with van der Waals surface area (Å²) < 4.78 is 53.1. The van der Waals surface area contributed by atoms with Crippen LogP contribution in [0, 0.1) is 6.57 Å². The van der Waals surface area contributed by atoms with Crippen molar-refractivity contribution in [3.8, 4) is 33.6 Å². The van der Waals surface area contributed by atoms with Gasteiger partial charge in [-0.3, -0.25) is 0 Å². The van der Waals surface area contributed by atoms with Crippen LogP contribution in [0.4, 0.5) is 5.69 Å². The zero-order valence-electron chi connectivity index (χ0n) is 33.1. The van der Waals surface area contributed by atoms with Crippen LogP contribution in [0.2, 0.25) is 0 Å². The van der Waals surface area contributed by atoms with E-state index in [1.165, 1.54) is 0 Å². The summed E-state index contributed by atoms with van der Waals surface area (Å²) in [6, 6.07) is 47.5. The highest BCUT2D eigenvalue weighted by Gasteiger charge is 2.18. The molecule has 0 saturated heterocycles. The predicted octanol–water partition coefficient (Wildman–Crippen LogP) is 13.7. The third kappa shape index (κ3) is 4.41. The average Bonchev–Trinajstić information content (AvgIpc) is 3.92. The molecule has 0 unspecified atom stereocenters. The molecule has 3 aromatic heterocycles. The van der Waals surface area contributed by atoms with Crippen LogP contribution in [-0.2, 0) is 0 Å². The maximum absolute atomic E-state index is 8.73. The van der Waals surface area contributed by atoms with Gasteiger partial charge in [-0.15, -0.1) is 0 Å². The predicted molar refractivity (Wildman–Crippen MR) is 220 cm³/mol. The van der Waals surface area contributed by atoms with Crippen LogP contribution >= 0.6 is 0 Å². The van der Waals surface area contributed by atoms with Crippen LogP contribution < -0.4 is 0 Å². The Hall–Kier alpha value is -7.35.